The minimum atomic E-state index is -0.686. The number of hydrogen-bond acceptors (Lipinski definition) is 3. The zero-order valence-corrected chi connectivity index (χ0v) is 10.6. The number of fused-ring (bicyclic) bond motifs is 3. The van der Waals surface area contributed by atoms with Gasteiger partial charge in [0.1, 0.15) is 11.6 Å². The number of nitrogens with one attached hydrogen (secondary N) is 2. The van der Waals surface area contributed by atoms with Crippen molar-refractivity contribution in [3.05, 3.63) is 54.1 Å². The van der Waals surface area contributed by atoms with E-state index >= 15 is 0 Å². The van der Waals surface area contributed by atoms with Gasteiger partial charge in [-0.15, -0.1) is 0 Å². The normalized spacial score (nSPS) is 11.3. The minimum Gasteiger partial charge on any atom is -0.322 e. The van der Waals surface area contributed by atoms with Gasteiger partial charge in [-0.2, -0.15) is 4.98 Å². The first kappa shape index (κ1) is 11.8. The average molecular weight is 285 g/mol. The molecule has 0 aliphatic rings. The third kappa shape index (κ3) is 1.90. The van der Waals surface area contributed by atoms with Crippen LogP contribution in [-0.2, 0) is 0 Å². The predicted octanol–water partition coefficient (Wildman–Crippen LogP) is 3.23. The second kappa shape index (κ2) is 4.27. The van der Waals surface area contributed by atoms with Gasteiger partial charge in [0.25, 0.3) is 5.78 Å². The number of imidazole rings is 1. The summed E-state index contributed by atoms with van der Waals surface area (Å²) >= 11 is 0. The number of H-pyrrole nitrogens is 1. The van der Waals surface area contributed by atoms with Crippen LogP contribution in [0.5, 0.6) is 0 Å². The summed E-state index contributed by atoms with van der Waals surface area (Å²) in [6, 6.07) is 10.9. The molecule has 0 saturated carbocycles. The molecular weight excluding hydrogens is 276 g/mol. The van der Waals surface area contributed by atoms with Crippen LogP contribution in [-0.4, -0.2) is 19.6 Å². The van der Waals surface area contributed by atoms with Crippen LogP contribution in [0.15, 0.2) is 42.5 Å². The molecule has 104 valence electrons. The van der Waals surface area contributed by atoms with Gasteiger partial charge in [-0.25, -0.2) is 18.3 Å². The molecule has 0 unspecified atom stereocenters. The van der Waals surface area contributed by atoms with Gasteiger partial charge in [-0.3, -0.25) is 5.10 Å². The maximum Gasteiger partial charge on any atom is 0.253 e. The summed E-state index contributed by atoms with van der Waals surface area (Å²) in [4.78, 5) is 8.57. The summed E-state index contributed by atoms with van der Waals surface area (Å²) in [5, 5.41) is 5.75. The molecule has 21 heavy (non-hydrogen) atoms. The number of aromatic amines is 1. The Morgan fingerprint density at radius 2 is 1.90 bits per heavy atom. The lowest BCUT2D eigenvalue weighted by Gasteiger charge is -2.03. The molecule has 2 aromatic heterocycles. The maximum atomic E-state index is 13.6. The summed E-state index contributed by atoms with van der Waals surface area (Å²) < 4.78 is 28.2. The van der Waals surface area contributed by atoms with Gasteiger partial charge in [0.2, 0.25) is 5.95 Å². The lowest BCUT2D eigenvalue weighted by molar-refractivity contribution is 0.586. The van der Waals surface area contributed by atoms with E-state index in [4.69, 9.17) is 0 Å². The van der Waals surface area contributed by atoms with Crippen LogP contribution in [0.25, 0.3) is 16.8 Å². The second-order valence-corrected chi connectivity index (χ2v) is 4.56. The number of nitrogens with zero attached hydrogens (tertiary/aromatic N) is 3. The fourth-order valence-corrected chi connectivity index (χ4v) is 2.20. The third-order valence-corrected chi connectivity index (χ3v) is 3.16. The van der Waals surface area contributed by atoms with E-state index in [1.54, 1.807) is 4.52 Å². The number of aromatic nitrogens is 4. The summed E-state index contributed by atoms with van der Waals surface area (Å²) in [6.07, 6.45) is 0. The number of para-hydroxylation sites is 2. The molecule has 5 nitrogen and oxygen atoms in total. The van der Waals surface area contributed by atoms with Crippen molar-refractivity contribution in [3.8, 4) is 0 Å². The standard InChI is InChI=1S/C14H9F2N5/c15-8-5-6-10(9(16)7-8)17-13-19-14-18-11-3-1-2-4-12(11)21(14)20-13/h1-7H,(H2,17,18,19,20). The molecule has 0 fully saturated rings. The smallest absolute Gasteiger partial charge is 0.253 e. The van der Waals surface area contributed by atoms with Crippen molar-refractivity contribution in [1.82, 2.24) is 19.6 Å². The molecule has 4 aromatic rings. The highest BCUT2D eigenvalue weighted by Gasteiger charge is 2.10. The van der Waals surface area contributed by atoms with Crippen molar-refractivity contribution in [2.45, 2.75) is 0 Å². The molecule has 0 saturated heterocycles. The van der Waals surface area contributed by atoms with Crippen molar-refractivity contribution in [3.63, 3.8) is 0 Å². The van der Waals surface area contributed by atoms with E-state index in [0.717, 1.165) is 17.1 Å². The van der Waals surface area contributed by atoms with Crippen molar-refractivity contribution in [1.29, 1.82) is 0 Å². The van der Waals surface area contributed by atoms with Gasteiger partial charge < -0.3 is 5.32 Å². The third-order valence-electron chi connectivity index (χ3n) is 3.16. The Morgan fingerprint density at radius 1 is 1.05 bits per heavy atom. The van der Waals surface area contributed by atoms with Crippen molar-refractivity contribution in [2.75, 3.05) is 5.32 Å². The SMILES string of the molecule is Fc1ccc(Nc2nc3nc4ccccc4n3[nH]2)c(F)c1. The lowest BCUT2D eigenvalue weighted by Crippen LogP contribution is -1.97. The van der Waals surface area contributed by atoms with Crippen LogP contribution in [0.1, 0.15) is 0 Å². The Balaban J connectivity index is 1.77. The number of anilines is 2. The molecule has 0 aliphatic heterocycles. The van der Waals surface area contributed by atoms with Crippen LogP contribution in [0.2, 0.25) is 0 Å². The average Bonchev–Trinajstić information content (AvgIpc) is 2.99. The van der Waals surface area contributed by atoms with E-state index in [9.17, 15) is 8.78 Å². The Kier molecular flexibility index (Phi) is 2.41. The first-order valence-electron chi connectivity index (χ1n) is 6.26. The Morgan fingerprint density at radius 3 is 2.76 bits per heavy atom. The van der Waals surface area contributed by atoms with E-state index in [-0.39, 0.29) is 5.69 Å². The predicted molar refractivity (Wildman–Crippen MR) is 74.5 cm³/mol. The maximum absolute atomic E-state index is 13.6. The van der Waals surface area contributed by atoms with E-state index in [2.05, 4.69) is 20.4 Å². The molecule has 0 atom stereocenters. The van der Waals surface area contributed by atoms with Gasteiger partial charge in [-0.05, 0) is 24.3 Å². The van der Waals surface area contributed by atoms with E-state index < -0.39 is 11.6 Å². The van der Waals surface area contributed by atoms with Gasteiger partial charge in [-0.1, -0.05) is 12.1 Å². The van der Waals surface area contributed by atoms with Crippen molar-refractivity contribution < 1.29 is 8.78 Å². The zero-order valence-electron chi connectivity index (χ0n) is 10.6. The van der Waals surface area contributed by atoms with Gasteiger partial charge in [0, 0.05) is 6.07 Å². The fourth-order valence-electron chi connectivity index (χ4n) is 2.20. The molecule has 0 spiro atoms. The summed E-state index contributed by atoms with van der Waals surface area (Å²) in [5.41, 5.74) is 1.82. The second-order valence-electron chi connectivity index (χ2n) is 4.56. The van der Waals surface area contributed by atoms with Crippen LogP contribution in [0, 0.1) is 11.6 Å². The van der Waals surface area contributed by atoms with Gasteiger partial charge >= 0.3 is 0 Å². The van der Waals surface area contributed by atoms with Crippen molar-refractivity contribution in [2.24, 2.45) is 0 Å². The summed E-state index contributed by atoms with van der Waals surface area (Å²) in [6.45, 7) is 0. The van der Waals surface area contributed by atoms with Crippen LogP contribution < -0.4 is 5.32 Å². The Bertz CT molecular complexity index is 956. The molecule has 0 aliphatic carbocycles. The number of hydrogen-bond donors (Lipinski definition) is 2. The van der Waals surface area contributed by atoms with Crippen LogP contribution >= 0.6 is 0 Å². The van der Waals surface area contributed by atoms with E-state index in [1.165, 1.54) is 12.1 Å². The first-order valence-corrected chi connectivity index (χ1v) is 6.26. The monoisotopic (exact) mass is 285 g/mol. The minimum absolute atomic E-state index is 0.137. The van der Waals surface area contributed by atoms with Crippen molar-refractivity contribution >= 4 is 28.4 Å². The largest absolute Gasteiger partial charge is 0.322 e. The zero-order chi connectivity index (χ0) is 14.4. The molecule has 2 aromatic carbocycles. The fraction of sp³-hybridized carbons (Fsp3) is 0. The molecular formula is C14H9F2N5. The van der Waals surface area contributed by atoms with Crippen LogP contribution in [0.4, 0.5) is 20.4 Å². The quantitative estimate of drug-likeness (QED) is 0.594. The van der Waals surface area contributed by atoms with Gasteiger partial charge in [0.05, 0.1) is 16.7 Å². The first-order chi connectivity index (χ1) is 10.2. The lowest BCUT2D eigenvalue weighted by atomic mass is 10.3. The highest BCUT2D eigenvalue weighted by atomic mass is 19.1. The highest BCUT2D eigenvalue weighted by Crippen LogP contribution is 2.20. The van der Waals surface area contributed by atoms with E-state index in [0.29, 0.717) is 11.7 Å². The summed E-state index contributed by atoms with van der Waals surface area (Å²) in [7, 11) is 0. The Labute approximate surface area is 117 Å². The molecule has 2 N–H and O–H groups in total. The number of benzene rings is 2. The molecule has 2 heterocycles. The number of halogens is 2. The molecule has 0 amide bonds. The molecule has 7 heteroatoms. The Hall–Kier alpha value is -2.96. The molecule has 0 radical (unpaired) electrons. The molecule has 0 bridgehead atoms. The summed E-state index contributed by atoms with van der Waals surface area (Å²) in [5.74, 6) is -0.512. The van der Waals surface area contributed by atoms with E-state index in [1.807, 2.05) is 24.3 Å². The van der Waals surface area contributed by atoms with Crippen LogP contribution in [0.3, 0.4) is 0 Å². The molecule has 4 rings (SSSR count). The topological polar surface area (TPSA) is 58.0 Å². The highest BCUT2D eigenvalue weighted by molar-refractivity contribution is 5.79. The number of rotatable bonds is 2. The van der Waals surface area contributed by atoms with Gasteiger partial charge in [0.15, 0.2) is 0 Å².